The SMILES string of the molecule is CCCc1nc(-c2ccc(Br)cc2F)c(N)s1. The summed E-state index contributed by atoms with van der Waals surface area (Å²) in [6.45, 7) is 2.08. The van der Waals surface area contributed by atoms with Crippen LogP contribution >= 0.6 is 27.3 Å². The van der Waals surface area contributed by atoms with Crippen molar-refractivity contribution in [2.45, 2.75) is 19.8 Å². The number of rotatable bonds is 3. The molecule has 2 rings (SSSR count). The average molecular weight is 315 g/mol. The Morgan fingerprint density at radius 2 is 2.24 bits per heavy atom. The number of halogens is 2. The van der Waals surface area contributed by atoms with Crippen molar-refractivity contribution in [2.24, 2.45) is 0 Å². The lowest BCUT2D eigenvalue weighted by molar-refractivity contribution is 0.630. The van der Waals surface area contributed by atoms with Crippen LogP contribution in [0.1, 0.15) is 18.4 Å². The molecule has 0 unspecified atom stereocenters. The third kappa shape index (κ3) is 2.66. The minimum absolute atomic E-state index is 0.306. The standard InChI is InChI=1S/C12H12BrFN2S/c1-2-3-10-16-11(12(15)17-10)8-5-4-7(13)6-9(8)14/h4-6H,2-3,15H2,1H3. The molecule has 17 heavy (non-hydrogen) atoms. The van der Waals surface area contributed by atoms with Gasteiger partial charge in [0.1, 0.15) is 16.5 Å². The van der Waals surface area contributed by atoms with E-state index in [0.29, 0.717) is 20.7 Å². The number of aromatic nitrogens is 1. The normalized spacial score (nSPS) is 10.8. The van der Waals surface area contributed by atoms with E-state index in [1.807, 2.05) is 0 Å². The quantitative estimate of drug-likeness (QED) is 0.920. The summed E-state index contributed by atoms with van der Waals surface area (Å²) in [5, 5.41) is 1.54. The number of hydrogen-bond acceptors (Lipinski definition) is 3. The van der Waals surface area contributed by atoms with Gasteiger partial charge in [0.15, 0.2) is 0 Å². The van der Waals surface area contributed by atoms with Crippen LogP contribution in [0, 0.1) is 5.82 Å². The Balaban J connectivity index is 2.45. The molecular formula is C12H12BrFN2S. The topological polar surface area (TPSA) is 38.9 Å². The molecule has 0 aliphatic carbocycles. The van der Waals surface area contributed by atoms with E-state index in [4.69, 9.17) is 5.73 Å². The molecule has 0 radical (unpaired) electrons. The lowest BCUT2D eigenvalue weighted by atomic mass is 10.1. The molecule has 0 aliphatic heterocycles. The molecular weight excluding hydrogens is 303 g/mol. The van der Waals surface area contributed by atoms with Crippen molar-refractivity contribution in [3.8, 4) is 11.3 Å². The minimum Gasteiger partial charge on any atom is -0.389 e. The van der Waals surface area contributed by atoms with E-state index in [1.165, 1.54) is 17.4 Å². The number of benzene rings is 1. The van der Waals surface area contributed by atoms with Crippen LogP contribution in [-0.2, 0) is 6.42 Å². The Bertz CT molecular complexity index is 539. The first kappa shape index (κ1) is 12.5. The molecule has 0 saturated heterocycles. The van der Waals surface area contributed by atoms with E-state index in [2.05, 4.69) is 27.8 Å². The van der Waals surface area contributed by atoms with Crippen molar-refractivity contribution >= 4 is 32.3 Å². The maximum atomic E-state index is 13.8. The van der Waals surface area contributed by atoms with Crippen LogP contribution in [0.5, 0.6) is 0 Å². The molecule has 2 N–H and O–H groups in total. The molecule has 90 valence electrons. The largest absolute Gasteiger partial charge is 0.389 e. The number of nitrogens with zero attached hydrogens (tertiary/aromatic N) is 1. The first-order valence-corrected chi connectivity index (χ1v) is 6.93. The molecule has 0 fully saturated rings. The van der Waals surface area contributed by atoms with Gasteiger partial charge in [0.25, 0.3) is 0 Å². The van der Waals surface area contributed by atoms with E-state index in [0.717, 1.165) is 17.8 Å². The van der Waals surface area contributed by atoms with Gasteiger partial charge in [0, 0.05) is 10.0 Å². The fourth-order valence-electron chi connectivity index (χ4n) is 1.57. The monoisotopic (exact) mass is 314 g/mol. The van der Waals surface area contributed by atoms with Crippen molar-refractivity contribution in [3.63, 3.8) is 0 Å². The molecule has 0 spiro atoms. The summed E-state index contributed by atoms with van der Waals surface area (Å²) in [5.41, 5.74) is 6.91. The molecule has 1 heterocycles. The van der Waals surface area contributed by atoms with Gasteiger partial charge in [-0.05, 0) is 31.0 Å². The highest BCUT2D eigenvalue weighted by Crippen LogP contribution is 2.33. The molecule has 2 aromatic rings. The maximum Gasteiger partial charge on any atom is 0.133 e. The molecule has 0 atom stereocenters. The van der Waals surface area contributed by atoms with Crippen molar-refractivity contribution in [2.75, 3.05) is 5.73 Å². The molecule has 0 bridgehead atoms. The minimum atomic E-state index is -0.306. The van der Waals surface area contributed by atoms with Gasteiger partial charge >= 0.3 is 0 Å². The van der Waals surface area contributed by atoms with E-state index in [1.54, 1.807) is 12.1 Å². The predicted molar refractivity (Wildman–Crippen MR) is 73.6 cm³/mol. The molecule has 0 aliphatic rings. The number of thiazole rings is 1. The molecule has 0 saturated carbocycles. The summed E-state index contributed by atoms with van der Waals surface area (Å²) in [4.78, 5) is 4.40. The van der Waals surface area contributed by atoms with Crippen LogP contribution in [0.3, 0.4) is 0 Å². The highest BCUT2D eigenvalue weighted by Gasteiger charge is 2.14. The number of anilines is 1. The molecule has 1 aromatic heterocycles. The van der Waals surface area contributed by atoms with Crippen LogP contribution in [0.25, 0.3) is 11.3 Å². The summed E-state index contributed by atoms with van der Waals surface area (Å²) < 4.78 is 14.5. The van der Waals surface area contributed by atoms with Crippen LogP contribution in [-0.4, -0.2) is 4.98 Å². The van der Waals surface area contributed by atoms with Gasteiger partial charge in [-0.25, -0.2) is 9.37 Å². The van der Waals surface area contributed by atoms with E-state index < -0.39 is 0 Å². The fraction of sp³-hybridized carbons (Fsp3) is 0.250. The Morgan fingerprint density at radius 3 is 2.88 bits per heavy atom. The van der Waals surface area contributed by atoms with Crippen LogP contribution in [0.4, 0.5) is 9.39 Å². The highest BCUT2D eigenvalue weighted by molar-refractivity contribution is 9.10. The average Bonchev–Trinajstić information content (AvgIpc) is 2.60. The predicted octanol–water partition coefficient (Wildman–Crippen LogP) is 4.25. The van der Waals surface area contributed by atoms with Crippen molar-refractivity contribution in [3.05, 3.63) is 33.5 Å². The second-order valence-electron chi connectivity index (χ2n) is 3.69. The van der Waals surface area contributed by atoms with Gasteiger partial charge in [-0.1, -0.05) is 22.9 Å². The molecule has 0 amide bonds. The first-order chi connectivity index (χ1) is 8.11. The van der Waals surface area contributed by atoms with Crippen LogP contribution < -0.4 is 5.73 Å². The number of aryl methyl sites for hydroxylation is 1. The van der Waals surface area contributed by atoms with Gasteiger partial charge < -0.3 is 5.73 Å². The fourth-order valence-corrected chi connectivity index (χ4v) is 2.86. The smallest absolute Gasteiger partial charge is 0.133 e. The summed E-state index contributed by atoms with van der Waals surface area (Å²) in [5.74, 6) is -0.306. The van der Waals surface area contributed by atoms with E-state index in [-0.39, 0.29) is 5.82 Å². The van der Waals surface area contributed by atoms with Gasteiger partial charge in [0.05, 0.1) is 5.01 Å². The molecule has 2 nitrogen and oxygen atoms in total. The number of nitrogen functional groups attached to an aromatic ring is 1. The Labute approximate surface area is 112 Å². The third-order valence-corrected chi connectivity index (χ3v) is 3.79. The van der Waals surface area contributed by atoms with Crippen molar-refractivity contribution in [1.29, 1.82) is 0 Å². The second-order valence-corrected chi connectivity index (χ2v) is 5.73. The highest BCUT2D eigenvalue weighted by atomic mass is 79.9. The van der Waals surface area contributed by atoms with Gasteiger partial charge in [-0.3, -0.25) is 0 Å². The van der Waals surface area contributed by atoms with Crippen molar-refractivity contribution in [1.82, 2.24) is 4.98 Å². The lowest BCUT2D eigenvalue weighted by Crippen LogP contribution is -1.90. The summed E-state index contributed by atoms with van der Waals surface area (Å²) in [7, 11) is 0. The zero-order chi connectivity index (χ0) is 12.4. The first-order valence-electron chi connectivity index (χ1n) is 5.32. The van der Waals surface area contributed by atoms with Crippen LogP contribution in [0.2, 0.25) is 0 Å². The zero-order valence-electron chi connectivity index (χ0n) is 9.34. The molecule has 1 aromatic carbocycles. The number of hydrogen-bond donors (Lipinski definition) is 1. The zero-order valence-corrected chi connectivity index (χ0v) is 11.7. The molecule has 5 heteroatoms. The third-order valence-electron chi connectivity index (χ3n) is 2.35. The lowest BCUT2D eigenvalue weighted by Gasteiger charge is -2.01. The maximum absolute atomic E-state index is 13.8. The van der Waals surface area contributed by atoms with Gasteiger partial charge in [0.2, 0.25) is 0 Å². The van der Waals surface area contributed by atoms with Gasteiger partial charge in [-0.15, -0.1) is 11.3 Å². The Morgan fingerprint density at radius 1 is 1.47 bits per heavy atom. The van der Waals surface area contributed by atoms with Crippen LogP contribution in [0.15, 0.2) is 22.7 Å². The van der Waals surface area contributed by atoms with Gasteiger partial charge in [-0.2, -0.15) is 0 Å². The Hall–Kier alpha value is -0.940. The second kappa shape index (κ2) is 5.14. The summed E-state index contributed by atoms with van der Waals surface area (Å²) in [6.07, 6.45) is 1.89. The van der Waals surface area contributed by atoms with E-state index in [9.17, 15) is 4.39 Å². The Kier molecular flexibility index (Phi) is 3.79. The summed E-state index contributed by atoms with van der Waals surface area (Å²) in [6, 6.07) is 4.91. The van der Waals surface area contributed by atoms with E-state index >= 15 is 0 Å². The summed E-state index contributed by atoms with van der Waals surface area (Å²) >= 11 is 4.66. The number of nitrogens with two attached hydrogens (primary N) is 1. The van der Waals surface area contributed by atoms with Crippen molar-refractivity contribution < 1.29 is 4.39 Å².